The predicted octanol–water partition coefficient (Wildman–Crippen LogP) is 4.06. The Hall–Kier alpha value is -3.89. The van der Waals surface area contributed by atoms with Crippen molar-refractivity contribution in [1.82, 2.24) is 40.0 Å². The van der Waals surface area contributed by atoms with Gasteiger partial charge in [-0.3, -0.25) is 0 Å². The second-order valence-electron chi connectivity index (χ2n) is 8.03. The van der Waals surface area contributed by atoms with Crippen LogP contribution in [-0.4, -0.2) is 44.9 Å². The first kappa shape index (κ1) is 22.3. The van der Waals surface area contributed by atoms with Crippen LogP contribution in [0.15, 0.2) is 36.4 Å². The molecule has 0 aliphatic heterocycles. The minimum Gasteiger partial charge on any atom is -0.358 e. The molecule has 0 aliphatic rings. The molecule has 0 radical (unpaired) electrons. The fourth-order valence-electron chi connectivity index (χ4n) is 3.72. The first-order chi connectivity index (χ1) is 16.0. The van der Waals surface area contributed by atoms with Gasteiger partial charge >= 0.3 is 5.82 Å². The number of H-pyrrole nitrogens is 1. The summed E-state index contributed by atoms with van der Waals surface area (Å²) in [7, 11) is 0. The van der Waals surface area contributed by atoms with Crippen LogP contribution in [0.3, 0.4) is 0 Å². The predicted molar refractivity (Wildman–Crippen MR) is 122 cm³/mol. The Bertz CT molecular complexity index is 1210. The standard InChI is InChI=1S/C22H27N9O2/c1-4-6-7-19-23-22(15(3)5-2)29(26-19)14-16-8-10-17(11-9-16)30-18(21-24-27-28-25-21)12-13-20(30)31(32)33/h8-13,15H,4-7,14H2,1-3H3,(H,24,25,27,28). The minimum atomic E-state index is -0.427. The number of hydrogen-bond donors (Lipinski definition) is 1. The monoisotopic (exact) mass is 449 g/mol. The first-order valence-electron chi connectivity index (χ1n) is 11.1. The Balaban J connectivity index is 1.64. The summed E-state index contributed by atoms with van der Waals surface area (Å²) in [4.78, 5) is 16.0. The normalized spacial score (nSPS) is 12.2. The molecule has 1 aromatic carbocycles. The molecular formula is C22H27N9O2. The summed E-state index contributed by atoms with van der Waals surface area (Å²) in [5.41, 5.74) is 2.16. The molecule has 0 amide bonds. The van der Waals surface area contributed by atoms with Crippen molar-refractivity contribution >= 4 is 5.82 Å². The number of nitrogens with one attached hydrogen (secondary N) is 1. The van der Waals surface area contributed by atoms with Crippen LogP contribution in [0.5, 0.6) is 0 Å². The van der Waals surface area contributed by atoms with Crippen LogP contribution in [0.2, 0.25) is 0 Å². The maximum absolute atomic E-state index is 11.6. The van der Waals surface area contributed by atoms with Gasteiger partial charge in [-0.15, -0.1) is 10.2 Å². The highest BCUT2D eigenvalue weighted by molar-refractivity contribution is 5.60. The molecule has 4 aromatic rings. The molecule has 0 spiro atoms. The molecule has 0 aliphatic carbocycles. The van der Waals surface area contributed by atoms with Gasteiger partial charge < -0.3 is 10.1 Å². The van der Waals surface area contributed by atoms with E-state index in [2.05, 4.69) is 41.4 Å². The highest BCUT2D eigenvalue weighted by atomic mass is 16.6. The van der Waals surface area contributed by atoms with Crippen LogP contribution in [0, 0.1) is 10.1 Å². The molecule has 3 aromatic heterocycles. The number of rotatable bonds is 10. The molecule has 3 heterocycles. The van der Waals surface area contributed by atoms with Crippen molar-refractivity contribution in [3.8, 4) is 17.2 Å². The molecule has 11 nitrogen and oxygen atoms in total. The summed E-state index contributed by atoms with van der Waals surface area (Å²) in [5.74, 6) is 2.41. The number of aryl methyl sites for hydroxylation is 1. The number of nitrogens with zero attached hydrogens (tertiary/aromatic N) is 8. The Labute approximate surface area is 191 Å². The average Bonchev–Trinajstić information content (AvgIpc) is 3.57. The smallest absolute Gasteiger partial charge is 0.328 e. The van der Waals surface area contributed by atoms with Crippen molar-refractivity contribution < 1.29 is 4.92 Å². The summed E-state index contributed by atoms with van der Waals surface area (Å²) in [6, 6.07) is 10.7. The molecule has 1 N–H and O–H groups in total. The zero-order valence-corrected chi connectivity index (χ0v) is 19.0. The van der Waals surface area contributed by atoms with Gasteiger partial charge in [-0.05, 0) is 46.7 Å². The van der Waals surface area contributed by atoms with E-state index in [0.29, 0.717) is 23.8 Å². The number of nitro groups is 1. The van der Waals surface area contributed by atoms with Crippen LogP contribution >= 0.6 is 0 Å². The average molecular weight is 450 g/mol. The van der Waals surface area contributed by atoms with E-state index in [0.717, 1.165) is 42.9 Å². The summed E-state index contributed by atoms with van der Waals surface area (Å²) < 4.78 is 3.49. The lowest BCUT2D eigenvalue weighted by molar-refractivity contribution is -0.390. The topological polar surface area (TPSA) is 133 Å². The molecule has 11 heteroatoms. The van der Waals surface area contributed by atoms with E-state index in [1.54, 1.807) is 6.07 Å². The molecule has 0 saturated carbocycles. The molecule has 0 bridgehead atoms. The molecule has 0 saturated heterocycles. The number of aromatic amines is 1. The zero-order valence-electron chi connectivity index (χ0n) is 19.0. The molecule has 0 fully saturated rings. The van der Waals surface area contributed by atoms with Crippen molar-refractivity contribution in [3.05, 3.63) is 63.7 Å². The third kappa shape index (κ3) is 4.66. The van der Waals surface area contributed by atoms with E-state index in [-0.39, 0.29) is 11.6 Å². The van der Waals surface area contributed by atoms with E-state index in [4.69, 9.17) is 10.1 Å². The lowest BCUT2D eigenvalue weighted by Gasteiger charge is -2.11. The van der Waals surface area contributed by atoms with Crippen molar-refractivity contribution in [2.24, 2.45) is 0 Å². The van der Waals surface area contributed by atoms with E-state index >= 15 is 0 Å². The lowest BCUT2D eigenvalue weighted by Crippen LogP contribution is -2.10. The number of unbranched alkanes of at least 4 members (excludes halogenated alkanes) is 1. The van der Waals surface area contributed by atoms with Gasteiger partial charge in [0, 0.05) is 18.4 Å². The van der Waals surface area contributed by atoms with Gasteiger partial charge in [0.2, 0.25) is 5.82 Å². The van der Waals surface area contributed by atoms with Gasteiger partial charge in [-0.2, -0.15) is 14.9 Å². The third-order valence-electron chi connectivity index (χ3n) is 5.70. The van der Waals surface area contributed by atoms with Gasteiger partial charge in [0.15, 0.2) is 11.5 Å². The first-order valence-corrected chi connectivity index (χ1v) is 11.1. The highest BCUT2D eigenvalue weighted by Gasteiger charge is 2.24. The summed E-state index contributed by atoms with van der Waals surface area (Å²) in [6.07, 6.45) is 4.03. The van der Waals surface area contributed by atoms with E-state index in [1.807, 2.05) is 28.9 Å². The van der Waals surface area contributed by atoms with Crippen molar-refractivity contribution in [2.45, 2.75) is 58.9 Å². The molecule has 4 rings (SSSR count). The Morgan fingerprint density at radius 2 is 1.94 bits per heavy atom. The SMILES string of the molecule is CCCCc1nc(C(C)CC)n(Cc2ccc(-n3c(-c4nn[nH]n4)ccc3[N+](=O)[O-])cc2)n1. The van der Waals surface area contributed by atoms with E-state index in [1.165, 1.54) is 10.6 Å². The third-order valence-corrected chi connectivity index (χ3v) is 5.70. The molecule has 1 unspecified atom stereocenters. The zero-order chi connectivity index (χ0) is 23.4. The summed E-state index contributed by atoms with van der Waals surface area (Å²) in [5, 5.41) is 30.2. The Morgan fingerprint density at radius 1 is 1.15 bits per heavy atom. The Kier molecular flexibility index (Phi) is 6.57. The lowest BCUT2D eigenvalue weighted by atomic mass is 10.1. The maximum Gasteiger partial charge on any atom is 0.328 e. The highest BCUT2D eigenvalue weighted by Crippen LogP contribution is 2.29. The van der Waals surface area contributed by atoms with Gasteiger partial charge in [-0.1, -0.05) is 39.3 Å². The Morgan fingerprint density at radius 3 is 2.58 bits per heavy atom. The van der Waals surface area contributed by atoms with E-state index in [9.17, 15) is 10.1 Å². The van der Waals surface area contributed by atoms with Crippen LogP contribution in [0.4, 0.5) is 5.82 Å². The van der Waals surface area contributed by atoms with Crippen molar-refractivity contribution in [3.63, 3.8) is 0 Å². The van der Waals surface area contributed by atoms with Crippen LogP contribution in [0.25, 0.3) is 17.2 Å². The number of tetrazole rings is 1. The number of benzene rings is 1. The molecule has 33 heavy (non-hydrogen) atoms. The molecule has 1 atom stereocenters. The van der Waals surface area contributed by atoms with Crippen molar-refractivity contribution in [1.29, 1.82) is 0 Å². The van der Waals surface area contributed by atoms with Gasteiger partial charge in [0.25, 0.3) is 0 Å². The van der Waals surface area contributed by atoms with Gasteiger partial charge in [0.05, 0.1) is 6.54 Å². The van der Waals surface area contributed by atoms with Gasteiger partial charge in [-0.25, -0.2) is 9.67 Å². The second-order valence-corrected chi connectivity index (χ2v) is 8.03. The number of aromatic nitrogens is 8. The van der Waals surface area contributed by atoms with Crippen LogP contribution in [-0.2, 0) is 13.0 Å². The van der Waals surface area contributed by atoms with Gasteiger partial charge in [0.1, 0.15) is 11.5 Å². The largest absolute Gasteiger partial charge is 0.358 e. The van der Waals surface area contributed by atoms with Crippen LogP contribution in [0.1, 0.15) is 63.2 Å². The van der Waals surface area contributed by atoms with Crippen molar-refractivity contribution in [2.75, 3.05) is 0 Å². The maximum atomic E-state index is 11.6. The minimum absolute atomic E-state index is 0.0709. The van der Waals surface area contributed by atoms with Crippen LogP contribution < -0.4 is 0 Å². The molecular weight excluding hydrogens is 422 g/mol. The fourth-order valence-corrected chi connectivity index (χ4v) is 3.72. The fraction of sp³-hybridized carbons (Fsp3) is 0.409. The van der Waals surface area contributed by atoms with E-state index < -0.39 is 4.92 Å². The number of hydrogen-bond acceptors (Lipinski definition) is 7. The quantitative estimate of drug-likeness (QED) is 0.285. The summed E-state index contributed by atoms with van der Waals surface area (Å²) >= 11 is 0. The molecule has 172 valence electrons. The second kappa shape index (κ2) is 9.72. The summed E-state index contributed by atoms with van der Waals surface area (Å²) in [6.45, 7) is 7.06.